The lowest BCUT2D eigenvalue weighted by Crippen LogP contribution is -2.19. The highest BCUT2D eigenvalue weighted by atomic mass is 32.2. The maximum absolute atomic E-state index is 13.1. The van der Waals surface area contributed by atoms with Gasteiger partial charge >= 0.3 is 0 Å². The molecule has 0 radical (unpaired) electrons. The molecule has 1 N–H and O–H groups in total. The van der Waals surface area contributed by atoms with Crippen molar-refractivity contribution in [3.8, 4) is 11.5 Å². The van der Waals surface area contributed by atoms with E-state index in [1.165, 1.54) is 11.8 Å². The zero-order chi connectivity index (χ0) is 20.2. The number of benzene rings is 2. The molecule has 6 nitrogen and oxygen atoms in total. The van der Waals surface area contributed by atoms with E-state index in [0.29, 0.717) is 16.9 Å². The van der Waals surface area contributed by atoms with Gasteiger partial charge in [0, 0.05) is 5.69 Å². The number of anilines is 1. The fraction of sp³-hybridized carbons (Fsp3) is 0.136. The molecule has 0 saturated heterocycles. The highest BCUT2D eigenvalue weighted by Gasteiger charge is 2.25. The van der Waals surface area contributed by atoms with E-state index in [9.17, 15) is 4.79 Å². The van der Waals surface area contributed by atoms with Crippen molar-refractivity contribution in [1.82, 2.24) is 10.2 Å². The first kappa shape index (κ1) is 19.0. The van der Waals surface area contributed by atoms with Crippen LogP contribution in [0.25, 0.3) is 11.5 Å². The molecular formula is C22H19N3O3S. The standard InChI is InChI=1S/C22H19N3O3S/c1-14-8-10-17(11-9-14)23-20(26)19(16-6-4-3-5-7-16)29-22-25-24-21(28-22)18-12-13-27-15(18)2/h3-13,19H,1-2H3,(H,23,26)/t19-/m1/s1. The molecule has 146 valence electrons. The Kier molecular flexibility index (Phi) is 5.48. The molecule has 2 aromatic heterocycles. The summed E-state index contributed by atoms with van der Waals surface area (Å²) in [5.41, 5.74) is 3.46. The number of furan rings is 1. The molecule has 1 atom stereocenters. The van der Waals surface area contributed by atoms with Crippen LogP contribution in [0.5, 0.6) is 0 Å². The summed E-state index contributed by atoms with van der Waals surface area (Å²) < 4.78 is 11.1. The monoisotopic (exact) mass is 405 g/mol. The highest BCUT2D eigenvalue weighted by molar-refractivity contribution is 8.00. The summed E-state index contributed by atoms with van der Waals surface area (Å²) in [5, 5.41) is 10.9. The number of hydrogen-bond acceptors (Lipinski definition) is 6. The highest BCUT2D eigenvalue weighted by Crippen LogP contribution is 2.37. The first-order valence-corrected chi connectivity index (χ1v) is 9.95. The number of thioether (sulfide) groups is 1. The Labute approximate surface area is 172 Å². The second-order valence-corrected chi connectivity index (χ2v) is 7.58. The van der Waals surface area contributed by atoms with E-state index in [4.69, 9.17) is 8.83 Å². The minimum Gasteiger partial charge on any atom is -0.469 e. The number of aryl methyl sites for hydroxylation is 2. The smallest absolute Gasteiger partial charge is 0.277 e. The predicted octanol–water partition coefficient (Wildman–Crippen LogP) is 5.42. The quantitative estimate of drug-likeness (QED) is 0.432. The number of aromatic nitrogens is 2. The Bertz CT molecular complexity index is 1100. The van der Waals surface area contributed by atoms with Gasteiger partial charge in [-0.25, -0.2) is 0 Å². The number of rotatable bonds is 6. The van der Waals surface area contributed by atoms with E-state index in [1.807, 2.05) is 68.4 Å². The molecule has 29 heavy (non-hydrogen) atoms. The van der Waals surface area contributed by atoms with Crippen molar-refractivity contribution in [2.45, 2.75) is 24.3 Å². The molecule has 1 amide bonds. The van der Waals surface area contributed by atoms with Crippen molar-refractivity contribution in [2.24, 2.45) is 0 Å². The van der Waals surface area contributed by atoms with Crippen molar-refractivity contribution in [3.05, 3.63) is 83.8 Å². The Morgan fingerprint density at radius 2 is 1.76 bits per heavy atom. The molecule has 0 unspecified atom stereocenters. The Morgan fingerprint density at radius 1 is 1.00 bits per heavy atom. The van der Waals surface area contributed by atoms with Crippen LogP contribution in [0, 0.1) is 13.8 Å². The molecule has 4 rings (SSSR count). The number of hydrogen-bond donors (Lipinski definition) is 1. The number of nitrogens with zero attached hydrogens (tertiary/aromatic N) is 2. The van der Waals surface area contributed by atoms with Crippen molar-refractivity contribution >= 4 is 23.4 Å². The van der Waals surface area contributed by atoms with Crippen molar-refractivity contribution in [1.29, 1.82) is 0 Å². The zero-order valence-corrected chi connectivity index (χ0v) is 16.8. The Hall–Kier alpha value is -3.32. The summed E-state index contributed by atoms with van der Waals surface area (Å²) >= 11 is 1.21. The number of carbonyl (C=O) groups is 1. The largest absolute Gasteiger partial charge is 0.469 e. The lowest BCUT2D eigenvalue weighted by atomic mass is 10.1. The van der Waals surface area contributed by atoms with E-state index in [-0.39, 0.29) is 5.91 Å². The van der Waals surface area contributed by atoms with Gasteiger partial charge in [-0.1, -0.05) is 48.0 Å². The molecule has 0 saturated carbocycles. The Balaban J connectivity index is 1.58. The van der Waals surface area contributed by atoms with Gasteiger partial charge < -0.3 is 14.2 Å². The normalized spacial score (nSPS) is 11.9. The first-order chi connectivity index (χ1) is 14.1. The van der Waals surface area contributed by atoms with Crippen LogP contribution in [0.2, 0.25) is 0 Å². The average molecular weight is 405 g/mol. The summed E-state index contributed by atoms with van der Waals surface area (Å²) in [4.78, 5) is 13.1. The van der Waals surface area contributed by atoms with Gasteiger partial charge in [-0.05, 0) is 49.4 Å². The number of amides is 1. The summed E-state index contributed by atoms with van der Waals surface area (Å²) in [5.74, 6) is 0.899. The molecule has 0 aliphatic carbocycles. The molecule has 0 spiro atoms. The van der Waals surface area contributed by atoms with Crippen molar-refractivity contribution in [2.75, 3.05) is 5.32 Å². The second-order valence-electron chi connectivity index (χ2n) is 6.53. The number of carbonyl (C=O) groups excluding carboxylic acids is 1. The van der Waals surface area contributed by atoms with Gasteiger partial charge in [0.2, 0.25) is 5.91 Å². The van der Waals surface area contributed by atoms with Crippen LogP contribution in [0.1, 0.15) is 22.1 Å². The maximum atomic E-state index is 13.1. The van der Waals surface area contributed by atoms with Gasteiger partial charge in [0.05, 0.1) is 11.8 Å². The topological polar surface area (TPSA) is 81.2 Å². The first-order valence-electron chi connectivity index (χ1n) is 9.07. The molecule has 4 aromatic rings. The molecule has 2 heterocycles. The fourth-order valence-electron chi connectivity index (χ4n) is 2.82. The SMILES string of the molecule is Cc1ccc(NC(=O)[C@H](Sc2nnc(-c3ccoc3C)o2)c2ccccc2)cc1. The molecular weight excluding hydrogens is 386 g/mol. The third kappa shape index (κ3) is 4.41. The van der Waals surface area contributed by atoms with E-state index in [2.05, 4.69) is 15.5 Å². The fourth-order valence-corrected chi connectivity index (χ4v) is 3.70. The zero-order valence-electron chi connectivity index (χ0n) is 16.0. The molecule has 7 heteroatoms. The predicted molar refractivity (Wildman–Crippen MR) is 112 cm³/mol. The van der Waals surface area contributed by atoms with Gasteiger partial charge in [0.15, 0.2) is 0 Å². The van der Waals surface area contributed by atoms with Gasteiger partial charge in [-0.15, -0.1) is 10.2 Å². The van der Waals surface area contributed by atoms with Crippen LogP contribution in [0.15, 0.2) is 81.0 Å². The van der Waals surface area contributed by atoms with Crippen LogP contribution in [-0.4, -0.2) is 16.1 Å². The van der Waals surface area contributed by atoms with Gasteiger partial charge in [-0.2, -0.15) is 0 Å². The average Bonchev–Trinajstić information content (AvgIpc) is 3.37. The van der Waals surface area contributed by atoms with Crippen molar-refractivity contribution in [3.63, 3.8) is 0 Å². The maximum Gasteiger partial charge on any atom is 0.277 e. The minimum absolute atomic E-state index is 0.163. The lowest BCUT2D eigenvalue weighted by Gasteiger charge is -2.15. The Morgan fingerprint density at radius 3 is 2.45 bits per heavy atom. The summed E-state index contributed by atoms with van der Waals surface area (Å²) in [6.45, 7) is 3.83. The third-order valence-corrected chi connectivity index (χ3v) is 5.46. The molecule has 0 bridgehead atoms. The van der Waals surface area contributed by atoms with Gasteiger partial charge in [-0.3, -0.25) is 4.79 Å². The van der Waals surface area contributed by atoms with Gasteiger partial charge in [0.25, 0.3) is 11.1 Å². The van der Waals surface area contributed by atoms with Crippen LogP contribution in [-0.2, 0) is 4.79 Å². The summed E-state index contributed by atoms with van der Waals surface area (Å²) in [6.07, 6.45) is 1.57. The third-order valence-electron chi connectivity index (χ3n) is 4.37. The van der Waals surface area contributed by atoms with E-state index in [1.54, 1.807) is 12.3 Å². The van der Waals surface area contributed by atoms with E-state index in [0.717, 1.165) is 22.4 Å². The number of nitrogens with one attached hydrogen (secondary N) is 1. The second kappa shape index (κ2) is 8.36. The summed E-state index contributed by atoms with van der Waals surface area (Å²) in [7, 11) is 0. The van der Waals surface area contributed by atoms with Crippen molar-refractivity contribution < 1.29 is 13.6 Å². The van der Waals surface area contributed by atoms with Crippen LogP contribution >= 0.6 is 11.8 Å². The molecule has 2 aromatic carbocycles. The molecule has 0 aliphatic heterocycles. The lowest BCUT2D eigenvalue weighted by molar-refractivity contribution is -0.115. The van der Waals surface area contributed by atoms with Crippen LogP contribution in [0.4, 0.5) is 5.69 Å². The van der Waals surface area contributed by atoms with E-state index < -0.39 is 5.25 Å². The molecule has 0 aliphatic rings. The minimum atomic E-state index is -0.545. The van der Waals surface area contributed by atoms with E-state index >= 15 is 0 Å². The molecule has 0 fully saturated rings. The van der Waals surface area contributed by atoms with Crippen LogP contribution in [0.3, 0.4) is 0 Å². The van der Waals surface area contributed by atoms with Crippen LogP contribution < -0.4 is 5.32 Å². The summed E-state index contributed by atoms with van der Waals surface area (Å²) in [6, 6.07) is 19.0. The van der Waals surface area contributed by atoms with Gasteiger partial charge in [0.1, 0.15) is 11.0 Å².